The van der Waals surface area contributed by atoms with Gasteiger partial charge in [-0.25, -0.2) is 4.39 Å². The summed E-state index contributed by atoms with van der Waals surface area (Å²) >= 11 is 0. The van der Waals surface area contributed by atoms with Crippen molar-refractivity contribution in [3.8, 4) is 5.75 Å². The molecule has 0 aliphatic heterocycles. The standard InChI is InChI=1S/C12H22FN3O/c1-8(2)12(13,7-14)11-10(17-5)6-15-16(11)9(3)4/h6,8-9H,7,14H2,1-5H3. The van der Waals surface area contributed by atoms with Crippen LogP contribution in [0.1, 0.15) is 39.4 Å². The Bertz CT molecular complexity index is 376. The van der Waals surface area contributed by atoms with Crippen molar-refractivity contribution in [1.29, 1.82) is 0 Å². The van der Waals surface area contributed by atoms with Crippen LogP contribution in [0.25, 0.3) is 0 Å². The van der Waals surface area contributed by atoms with E-state index in [9.17, 15) is 0 Å². The highest BCUT2D eigenvalue weighted by Gasteiger charge is 2.41. The highest BCUT2D eigenvalue weighted by molar-refractivity contribution is 5.32. The third-order valence-electron chi connectivity index (χ3n) is 3.08. The molecule has 1 rings (SSSR count). The zero-order chi connectivity index (χ0) is 13.2. The highest BCUT2D eigenvalue weighted by Crippen LogP contribution is 2.39. The monoisotopic (exact) mass is 243 g/mol. The molecule has 0 spiro atoms. The molecule has 1 aromatic rings. The number of rotatable bonds is 5. The van der Waals surface area contributed by atoms with Gasteiger partial charge in [-0.1, -0.05) is 13.8 Å². The summed E-state index contributed by atoms with van der Waals surface area (Å²) in [5, 5.41) is 4.18. The summed E-state index contributed by atoms with van der Waals surface area (Å²) in [4.78, 5) is 0. The fraction of sp³-hybridized carbons (Fsp3) is 0.750. The van der Waals surface area contributed by atoms with Crippen LogP contribution in [-0.2, 0) is 5.67 Å². The van der Waals surface area contributed by atoms with Crippen molar-refractivity contribution in [2.45, 2.75) is 39.4 Å². The number of hydrogen-bond donors (Lipinski definition) is 1. The summed E-state index contributed by atoms with van der Waals surface area (Å²) in [6.45, 7) is 7.44. The second-order valence-corrected chi connectivity index (χ2v) is 4.82. The van der Waals surface area contributed by atoms with Gasteiger partial charge in [0.15, 0.2) is 11.4 Å². The van der Waals surface area contributed by atoms with Gasteiger partial charge >= 0.3 is 0 Å². The molecule has 0 bridgehead atoms. The lowest BCUT2D eigenvalue weighted by Crippen LogP contribution is -2.38. The van der Waals surface area contributed by atoms with Gasteiger partial charge in [-0.05, 0) is 19.8 Å². The number of alkyl halides is 1. The molecule has 98 valence electrons. The third kappa shape index (κ3) is 2.29. The van der Waals surface area contributed by atoms with Gasteiger partial charge in [0.1, 0.15) is 5.69 Å². The molecule has 1 heterocycles. The smallest absolute Gasteiger partial charge is 0.170 e. The van der Waals surface area contributed by atoms with Crippen LogP contribution in [0.15, 0.2) is 6.20 Å². The number of ether oxygens (including phenoxy) is 1. The quantitative estimate of drug-likeness (QED) is 0.863. The van der Waals surface area contributed by atoms with Crippen LogP contribution in [0, 0.1) is 5.92 Å². The maximum Gasteiger partial charge on any atom is 0.170 e. The Morgan fingerprint density at radius 1 is 1.47 bits per heavy atom. The maximum absolute atomic E-state index is 15.0. The molecule has 1 aromatic heterocycles. The fourth-order valence-electron chi connectivity index (χ4n) is 1.89. The van der Waals surface area contributed by atoms with Crippen molar-refractivity contribution in [3.05, 3.63) is 11.9 Å². The first-order chi connectivity index (χ1) is 7.88. The van der Waals surface area contributed by atoms with Gasteiger partial charge < -0.3 is 10.5 Å². The predicted octanol–water partition coefficient (Wildman–Crippen LogP) is 2.25. The van der Waals surface area contributed by atoms with E-state index < -0.39 is 5.67 Å². The second-order valence-electron chi connectivity index (χ2n) is 4.82. The average molecular weight is 243 g/mol. The van der Waals surface area contributed by atoms with E-state index in [2.05, 4.69) is 5.10 Å². The second kappa shape index (κ2) is 5.04. The molecular weight excluding hydrogens is 221 g/mol. The molecule has 17 heavy (non-hydrogen) atoms. The van der Waals surface area contributed by atoms with Gasteiger partial charge in [0.2, 0.25) is 0 Å². The van der Waals surface area contributed by atoms with Gasteiger partial charge in [-0.2, -0.15) is 5.10 Å². The Morgan fingerprint density at radius 3 is 2.41 bits per heavy atom. The lowest BCUT2D eigenvalue weighted by Gasteiger charge is -2.30. The number of halogens is 1. The summed E-state index contributed by atoms with van der Waals surface area (Å²) in [7, 11) is 1.52. The summed E-state index contributed by atoms with van der Waals surface area (Å²) in [6, 6.07) is 0.0642. The fourth-order valence-corrected chi connectivity index (χ4v) is 1.89. The zero-order valence-corrected chi connectivity index (χ0v) is 11.2. The summed E-state index contributed by atoms with van der Waals surface area (Å²) in [5.41, 5.74) is 4.44. The molecule has 0 fully saturated rings. The first kappa shape index (κ1) is 14.0. The summed E-state index contributed by atoms with van der Waals surface area (Å²) in [6.07, 6.45) is 1.54. The van der Waals surface area contributed by atoms with E-state index in [1.54, 1.807) is 10.9 Å². The van der Waals surface area contributed by atoms with Gasteiger partial charge in [-0.15, -0.1) is 0 Å². The number of hydrogen-bond acceptors (Lipinski definition) is 3. The van der Waals surface area contributed by atoms with Crippen LogP contribution < -0.4 is 10.5 Å². The van der Waals surface area contributed by atoms with E-state index in [1.165, 1.54) is 7.11 Å². The average Bonchev–Trinajstić information content (AvgIpc) is 2.71. The Morgan fingerprint density at radius 2 is 2.06 bits per heavy atom. The van der Waals surface area contributed by atoms with E-state index >= 15 is 4.39 Å². The number of nitrogens with two attached hydrogens (primary N) is 1. The van der Waals surface area contributed by atoms with Crippen molar-refractivity contribution in [2.24, 2.45) is 11.7 Å². The van der Waals surface area contributed by atoms with E-state index in [0.29, 0.717) is 11.4 Å². The van der Waals surface area contributed by atoms with Crippen molar-refractivity contribution in [3.63, 3.8) is 0 Å². The molecule has 0 saturated carbocycles. The van der Waals surface area contributed by atoms with Crippen LogP contribution in [0.5, 0.6) is 5.75 Å². The lowest BCUT2D eigenvalue weighted by atomic mass is 9.88. The normalized spacial score (nSPS) is 15.4. The Kier molecular flexibility index (Phi) is 4.14. The topological polar surface area (TPSA) is 53.1 Å². The maximum atomic E-state index is 15.0. The molecular formula is C12H22FN3O. The Labute approximate surface area is 102 Å². The Balaban J connectivity index is 3.39. The van der Waals surface area contributed by atoms with Gasteiger partial charge in [0.05, 0.1) is 13.3 Å². The molecule has 5 heteroatoms. The van der Waals surface area contributed by atoms with E-state index in [1.807, 2.05) is 27.7 Å². The van der Waals surface area contributed by atoms with Gasteiger partial charge in [0, 0.05) is 12.6 Å². The molecule has 2 N–H and O–H groups in total. The molecule has 0 aliphatic carbocycles. The minimum atomic E-state index is -1.62. The van der Waals surface area contributed by atoms with Crippen LogP contribution >= 0.6 is 0 Å². The van der Waals surface area contributed by atoms with E-state index in [4.69, 9.17) is 10.5 Å². The predicted molar refractivity (Wildman–Crippen MR) is 65.8 cm³/mol. The molecule has 1 atom stereocenters. The van der Waals surface area contributed by atoms with Crippen molar-refractivity contribution in [1.82, 2.24) is 9.78 Å². The first-order valence-corrected chi connectivity index (χ1v) is 5.89. The first-order valence-electron chi connectivity index (χ1n) is 5.89. The molecule has 0 amide bonds. The largest absolute Gasteiger partial charge is 0.493 e. The van der Waals surface area contributed by atoms with Crippen molar-refractivity contribution in [2.75, 3.05) is 13.7 Å². The molecule has 0 aliphatic rings. The zero-order valence-electron chi connectivity index (χ0n) is 11.2. The molecule has 0 saturated heterocycles. The van der Waals surface area contributed by atoms with E-state index in [-0.39, 0.29) is 18.5 Å². The third-order valence-corrected chi connectivity index (χ3v) is 3.08. The molecule has 1 unspecified atom stereocenters. The Hall–Kier alpha value is -1.10. The minimum absolute atomic E-state index is 0.0642. The van der Waals surface area contributed by atoms with Gasteiger partial charge in [-0.3, -0.25) is 4.68 Å². The highest BCUT2D eigenvalue weighted by atomic mass is 19.1. The molecule has 0 aromatic carbocycles. The number of aromatic nitrogens is 2. The number of methoxy groups -OCH3 is 1. The lowest BCUT2D eigenvalue weighted by molar-refractivity contribution is 0.0916. The van der Waals surface area contributed by atoms with Crippen LogP contribution in [-0.4, -0.2) is 23.4 Å². The van der Waals surface area contributed by atoms with Crippen molar-refractivity contribution < 1.29 is 9.13 Å². The van der Waals surface area contributed by atoms with Gasteiger partial charge in [0.25, 0.3) is 0 Å². The van der Waals surface area contributed by atoms with Crippen LogP contribution in [0.3, 0.4) is 0 Å². The van der Waals surface area contributed by atoms with Crippen molar-refractivity contribution >= 4 is 0 Å². The molecule has 4 nitrogen and oxygen atoms in total. The number of nitrogens with zero attached hydrogens (tertiary/aromatic N) is 2. The SMILES string of the molecule is COc1cnn(C(C)C)c1C(F)(CN)C(C)C. The van der Waals surface area contributed by atoms with Crippen LogP contribution in [0.2, 0.25) is 0 Å². The molecule has 0 radical (unpaired) electrons. The minimum Gasteiger partial charge on any atom is -0.493 e. The summed E-state index contributed by atoms with van der Waals surface area (Å²) in [5.74, 6) is 0.218. The summed E-state index contributed by atoms with van der Waals surface area (Å²) < 4.78 is 21.9. The van der Waals surface area contributed by atoms with Crippen LogP contribution in [0.4, 0.5) is 4.39 Å². The van der Waals surface area contributed by atoms with E-state index in [0.717, 1.165) is 0 Å².